The Morgan fingerprint density at radius 3 is 2.24 bits per heavy atom. The molecule has 1 heterocycles. The molecule has 1 fully saturated rings. The summed E-state index contributed by atoms with van der Waals surface area (Å²) in [6, 6.07) is 8.93. The summed E-state index contributed by atoms with van der Waals surface area (Å²) in [5.41, 5.74) is 2.70. The molecule has 0 atom stereocenters. The van der Waals surface area contributed by atoms with E-state index in [0.29, 0.717) is 0 Å². The highest BCUT2D eigenvalue weighted by molar-refractivity contribution is 5.79. The molecule has 1 aromatic rings. The van der Waals surface area contributed by atoms with E-state index in [9.17, 15) is 0 Å². The lowest BCUT2D eigenvalue weighted by Crippen LogP contribution is -2.34. The number of rotatable bonds is 4. The molecule has 2 rings (SSSR count). The van der Waals surface area contributed by atoms with E-state index in [1.54, 1.807) is 7.05 Å². The highest BCUT2D eigenvalue weighted by Gasteiger charge is 2.09. The monoisotopic (exact) mass is 288 g/mol. The molecular weight excluding hydrogens is 260 g/mol. The number of nitrogens with zero attached hydrogens (tertiary/aromatic N) is 2. The number of hydrogen-bond acceptors (Lipinski definition) is 2. The van der Waals surface area contributed by atoms with Gasteiger partial charge in [-0.05, 0) is 37.1 Å². The van der Waals surface area contributed by atoms with E-state index in [2.05, 4.69) is 44.8 Å². The summed E-state index contributed by atoms with van der Waals surface area (Å²) in [5, 5.41) is 6.30. The molecule has 1 aliphatic heterocycles. The van der Waals surface area contributed by atoms with Crippen LogP contribution >= 0.6 is 0 Å². The maximum absolute atomic E-state index is 4.11. The third-order valence-corrected chi connectivity index (χ3v) is 4.05. The first-order valence-electron chi connectivity index (χ1n) is 8.00. The summed E-state index contributed by atoms with van der Waals surface area (Å²) >= 11 is 0. The van der Waals surface area contributed by atoms with Crippen LogP contribution in [-0.4, -0.2) is 38.0 Å². The fourth-order valence-electron chi connectivity index (χ4n) is 2.78. The highest BCUT2D eigenvalue weighted by Crippen LogP contribution is 2.13. The Morgan fingerprint density at radius 2 is 1.67 bits per heavy atom. The second-order valence-corrected chi connectivity index (χ2v) is 5.68. The Morgan fingerprint density at radius 1 is 1.05 bits per heavy atom. The van der Waals surface area contributed by atoms with Crippen LogP contribution < -0.4 is 10.6 Å². The largest absolute Gasteiger partial charge is 0.359 e. The molecule has 21 heavy (non-hydrogen) atoms. The normalized spacial score (nSPS) is 17.3. The predicted molar refractivity (Wildman–Crippen MR) is 89.4 cm³/mol. The van der Waals surface area contributed by atoms with Crippen molar-refractivity contribution in [2.75, 3.05) is 27.2 Å². The number of nitrogens with one attached hydrogen (secondary N) is 2. The first kappa shape index (κ1) is 15.8. The Bertz CT molecular complexity index is 431. The molecular formula is C17H28N4. The summed E-state index contributed by atoms with van der Waals surface area (Å²) in [5.74, 6) is 0.823. The van der Waals surface area contributed by atoms with Crippen molar-refractivity contribution >= 4 is 5.96 Å². The Kier molecular flexibility index (Phi) is 6.54. The Hall–Kier alpha value is -1.55. The molecule has 0 saturated carbocycles. The number of aliphatic imine (C=N–C) groups is 1. The second kappa shape index (κ2) is 8.67. The van der Waals surface area contributed by atoms with Crippen LogP contribution in [0.4, 0.5) is 0 Å². The standard InChI is InChI=1S/C17H28N4/c1-18-17(19-2)20-13-15-7-9-16(10-8-15)14-21-11-5-3-4-6-12-21/h7-10H,3-6,11-14H2,1-2H3,(H2,18,19,20). The minimum absolute atomic E-state index is 0.803. The third kappa shape index (κ3) is 5.38. The van der Waals surface area contributed by atoms with Gasteiger partial charge in [0.15, 0.2) is 5.96 Å². The lowest BCUT2D eigenvalue weighted by Gasteiger charge is -2.19. The topological polar surface area (TPSA) is 39.7 Å². The van der Waals surface area contributed by atoms with Crippen LogP contribution in [0.3, 0.4) is 0 Å². The quantitative estimate of drug-likeness (QED) is 0.660. The molecule has 4 heteroatoms. The first-order valence-corrected chi connectivity index (χ1v) is 8.00. The van der Waals surface area contributed by atoms with Gasteiger partial charge in [0.05, 0.1) is 0 Å². The second-order valence-electron chi connectivity index (χ2n) is 5.68. The zero-order valence-corrected chi connectivity index (χ0v) is 13.4. The maximum atomic E-state index is 4.11. The van der Waals surface area contributed by atoms with Gasteiger partial charge in [-0.1, -0.05) is 37.1 Å². The Balaban J connectivity index is 1.83. The Labute approximate surface area is 128 Å². The molecule has 0 unspecified atom stereocenters. The van der Waals surface area contributed by atoms with Gasteiger partial charge >= 0.3 is 0 Å². The van der Waals surface area contributed by atoms with Gasteiger partial charge in [-0.25, -0.2) is 0 Å². The summed E-state index contributed by atoms with van der Waals surface area (Å²) < 4.78 is 0. The predicted octanol–water partition coefficient (Wildman–Crippen LogP) is 2.36. The van der Waals surface area contributed by atoms with Crippen LogP contribution in [0, 0.1) is 0 Å². The van der Waals surface area contributed by atoms with Crippen molar-refractivity contribution in [2.24, 2.45) is 4.99 Å². The van der Waals surface area contributed by atoms with Crippen LogP contribution in [0.5, 0.6) is 0 Å². The smallest absolute Gasteiger partial charge is 0.190 e. The lowest BCUT2D eigenvalue weighted by atomic mass is 10.1. The van der Waals surface area contributed by atoms with Crippen molar-refractivity contribution in [2.45, 2.75) is 38.8 Å². The van der Waals surface area contributed by atoms with E-state index >= 15 is 0 Å². The molecule has 0 amide bonds. The number of hydrogen-bond donors (Lipinski definition) is 2. The van der Waals surface area contributed by atoms with Gasteiger partial charge in [-0.2, -0.15) is 0 Å². The van der Waals surface area contributed by atoms with E-state index in [4.69, 9.17) is 0 Å². The molecule has 1 aliphatic rings. The molecule has 0 bridgehead atoms. The lowest BCUT2D eigenvalue weighted by molar-refractivity contribution is 0.277. The van der Waals surface area contributed by atoms with Crippen molar-refractivity contribution in [3.05, 3.63) is 35.4 Å². The zero-order valence-electron chi connectivity index (χ0n) is 13.4. The van der Waals surface area contributed by atoms with E-state index < -0.39 is 0 Å². The summed E-state index contributed by atoms with van der Waals surface area (Å²) in [4.78, 5) is 6.70. The minimum Gasteiger partial charge on any atom is -0.359 e. The fraction of sp³-hybridized carbons (Fsp3) is 0.588. The average Bonchev–Trinajstić information content (AvgIpc) is 2.78. The van der Waals surface area contributed by atoms with Crippen molar-refractivity contribution < 1.29 is 0 Å². The van der Waals surface area contributed by atoms with Gasteiger partial charge in [0.1, 0.15) is 0 Å². The van der Waals surface area contributed by atoms with Gasteiger partial charge in [-0.15, -0.1) is 0 Å². The summed E-state index contributed by atoms with van der Waals surface area (Å²) in [7, 11) is 3.66. The van der Waals surface area contributed by atoms with E-state index in [-0.39, 0.29) is 0 Å². The van der Waals surface area contributed by atoms with Gasteiger partial charge in [0, 0.05) is 27.2 Å². The maximum Gasteiger partial charge on any atom is 0.190 e. The molecule has 1 saturated heterocycles. The summed E-state index contributed by atoms with van der Waals surface area (Å²) in [6.45, 7) is 4.40. The van der Waals surface area contributed by atoms with Crippen LogP contribution in [0.2, 0.25) is 0 Å². The van der Waals surface area contributed by atoms with E-state index in [1.807, 2.05) is 7.05 Å². The fourth-order valence-corrected chi connectivity index (χ4v) is 2.78. The molecule has 0 aliphatic carbocycles. The molecule has 2 N–H and O–H groups in total. The molecule has 116 valence electrons. The molecule has 4 nitrogen and oxygen atoms in total. The van der Waals surface area contributed by atoms with Gasteiger partial charge in [-0.3, -0.25) is 9.89 Å². The number of guanidine groups is 1. The SMILES string of the molecule is CN=C(NC)NCc1ccc(CN2CCCCCC2)cc1. The van der Waals surface area contributed by atoms with Crippen molar-refractivity contribution in [3.63, 3.8) is 0 Å². The van der Waals surface area contributed by atoms with Crippen LogP contribution in [0.25, 0.3) is 0 Å². The first-order chi connectivity index (χ1) is 10.3. The van der Waals surface area contributed by atoms with Gasteiger partial charge < -0.3 is 10.6 Å². The molecule has 0 spiro atoms. The zero-order chi connectivity index (χ0) is 14.9. The van der Waals surface area contributed by atoms with Crippen LogP contribution in [0.1, 0.15) is 36.8 Å². The van der Waals surface area contributed by atoms with Crippen molar-refractivity contribution in [1.29, 1.82) is 0 Å². The number of benzene rings is 1. The van der Waals surface area contributed by atoms with Crippen LogP contribution in [0.15, 0.2) is 29.3 Å². The van der Waals surface area contributed by atoms with E-state index in [0.717, 1.165) is 19.0 Å². The van der Waals surface area contributed by atoms with Crippen molar-refractivity contribution in [1.82, 2.24) is 15.5 Å². The van der Waals surface area contributed by atoms with Crippen LogP contribution in [-0.2, 0) is 13.1 Å². The van der Waals surface area contributed by atoms with Crippen molar-refractivity contribution in [3.8, 4) is 0 Å². The molecule has 0 aromatic heterocycles. The molecule has 0 radical (unpaired) electrons. The molecule has 1 aromatic carbocycles. The van der Waals surface area contributed by atoms with E-state index in [1.165, 1.54) is 49.9 Å². The highest BCUT2D eigenvalue weighted by atomic mass is 15.1. The van der Waals surface area contributed by atoms with Gasteiger partial charge in [0.25, 0.3) is 0 Å². The average molecular weight is 288 g/mol. The number of likely N-dealkylation sites (tertiary alicyclic amines) is 1. The summed E-state index contributed by atoms with van der Waals surface area (Å²) in [6.07, 6.45) is 5.50. The minimum atomic E-state index is 0.803. The van der Waals surface area contributed by atoms with Gasteiger partial charge in [0.2, 0.25) is 0 Å². The third-order valence-electron chi connectivity index (χ3n) is 4.05.